The predicted molar refractivity (Wildman–Crippen MR) is 79.7 cm³/mol. The van der Waals surface area contributed by atoms with Crippen LogP contribution in [0, 0.1) is 0 Å². The van der Waals surface area contributed by atoms with Crippen molar-refractivity contribution in [3.8, 4) is 5.75 Å². The van der Waals surface area contributed by atoms with E-state index < -0.39 is 0 Å². The highest BCUT2D eigenvalue weighted by molar-refractivity contribution is 5.27. The zero-order valence-corrected chi connectivity index (χ0v) is 12.3. The number of ether oxygens (including phenoxy) is 2. The SMILES string of the molecule is CCCCCOc1ccc(CNCCOCC)cc1. The van der Waals surface area contributed by atoms with Crippen molar-refractivity contribution < 1.29 is 9.47 Å². The number of unbranched alkanes of at least 4 members (excludes halogenated alkanes) is 2. The van der Waals surface area contributed by atoms with Crippen molar-refractivity contribution >= 4 is 0 Å². The molecule has 0 aliphatic heterocycles. The van der Waals surface area contributed by atoms with E-state index in [9.17, 15) is 0 Å². The van der Waals surface area contributed by atoms with Crippen LogP contribution in [0.4, 0.5) is 0 Å². The van der Waals surface area contributed by atoms with Crippen LogP contribution < -0.4 is 10.1 Å². The molecule has 0 radical (unpaired) electrons. The van der Waals surface area contributed by atoms with Crippen LogP contribution in [0.1, 0.15) is 38.7 Å². The van der Waals surface area contributed by atoms with Gasteiger partial charge in [0.2, 0.25) is 0 Å². The third-order valence-corrected chi connectivity index (χ3v) is 2.90. The number of nitrogens with one attached hydrogen (secondary N) is 1. The number of benzene rings is 1. The van der Waals surface area contributed by atoms with Gasteiger partial charge in [0.15, 0.2) is 0 Å². The van der Waals surface area contributed by atoms with Crippen LogP contribution in [-0.2, 0) is 11.3 Å². The van der Waals surface area contributed by atoms with E-state index in [1.807, 2.05) is 19.1 Å². The Morgan fingerprint density at radius 3 is 2.47 bits per heavy atom. The Morgan fingerprint density at radius 1 is 1.00 bits per heavy atom. The van der Waals surface area contributed by atoms with E-state index in [1.54, 1.807) is 0 Å². The number of hydrogen-bond acceptors (Lipinski definition) is 3. The van der Waals surface area contributed by atoms with E-state index in [0.717, 1.165) is 45.1 Å². The summed E-state index contributed by atoms with van der Waals surface area (Å²) in [7, 11) is 0. The molecule has 0 aliphatic carbocycles. The summed E-state index contributed by atoms with van der Waals surface area (Å²) in [6, 6.07) is 8.32. The molecular formula is C16H27NO2. The third kappa shape index (κ3) is 7.85. The minimum absolute atomic E-state index is 0.773. The lowest BCUT2D eigenvalue weighted by Gasteiger charge is -2.08. The molecule has 3 heteroatoms. The summed E-state index contributed by atoms with van der Waals surface area (Å²) >= 11 is 0. The van der Waals surface area contributed by atoms with Crippen LogP contribution >= 0.6 is 0 Å². The van der Waals surface area contributed by atoms with E-state index >= 15 is 0 Å². The molecule has 0 atom stereocenters. The molecule has 0 fully saturated rings. The highest BCUT2D eigenvalue weighted by Gasteiger charge is 1.96. The number of rotatable bonds is 11. The molecule has 1 aromatic rings. The lowest BCUT2D eigenvalue weighted by molar-refractivity contribution is 0.149. The second-order valence-corrected chi connectivity index (χ2v) is 4.57. The molecule has 0 aromatic heterocycles. The first-order chi connectivity index (χ1) is 9.36. The highest BCUT2D eigenvalue weighted by atomic mass is 16.5. The fourth-order valence-corrected chi connectivity index (χ4v) is 1.77. The molecule has 108 valence electrons. The van der Waals surface area contributed by atoms with Crippen LogP contribution in [0.25, 0.3) is 0 Å². The molecule has 0 bridgehead atoms. The van der Waals surface area contributed by atoms with Crippen molar-refractivity contribution in [2.75, 3.05) is 26.4 Å². The van der Waals surface area contributed by atoms with Gasteiger partial charge in [-0.05, 0) is 31.0 Å². The molecular weight excluding hydrogens is 238 g/mol. The lowest BCUT2D eigenvalue weighted by atomic mass is 10.2. The van der Waals surface area contributed by atoms with Gasteiger partial charge in [0.25, 0.3) is 0 Å². The van der Waals surface area contributed by atoms with Crippen LogP contribution in [0.5, 0.6) is 5.75 Å². The second-order valence-electron chi connectivity index (χ2n) is 4.57. The summed E-state index contributed by atoms with van der Waals surface area (Å²) in [4.78, 5) is 0. The Balaban J connectivity index is 2.16. The van der Waals surface area contributed by atoms with E-state index in [-0.39, 0.29) is 0 Å². The van der Waals surface area contributed by atoms with Gasteiger partial charge in [0.05, 0.1) is 13.2 Å². The van der Waals surface area contributed by atoms with Gasteiger partial charge in [-0.1, -0.05) is 31.9 Å². The molecule has 0 amide bonds. The molecule has 1 N–H and O–H groups in total. The molecule has 0 aliphatic rings. The average molecular weight is 265 g/mol. The minimum Gasteiger partial charge on any atom is -0.494 e. The predicted octanol–water partition coefficient (Wildman–Crippen LogP) is 3.38. The Labute approximate surface area is 117 Å². The van der Waals surface area contributed by atoms with E-state index in [1.165, 1.54) is 18.4 Å². The smallest absolute Gasteiger partial charge is 0.119 e. The van der Waals surface area contributed by atoms with Crippen LogP contribution in [0.15, 0.2) is 24.3 Å². The maximum Gasteiger partial charge on any atom is 0.119 e. The first-order valence-electron chi connectivity index (χ1n) is 7.37. The monoisotopic (exact) mass is 265 g/mol. The molecule has 0 spiro atoms. The van der Waals surface area contributed by atoms with Crippen molar-refractivity contribution in [2.45, 2.75) is 39.7 Å². The topological polar surface area (TPSA) is 30.5 Å². The third-order valence-electron chi connectivity index (χ3n) is 2.90. The van der Waals surface area contributed by atoms with Gasteiger partial charge in [-0.25, -0.2) is 0 Å². The molecule has 1 aromatic carbocycles. The van der Waals surface area contributed by atoms with Gasteiger partial charge < -0.3 is 14.8 Å². The highest BCUT2D eigenvalue weighted by Crippen LogP contribution is 2.12. The minimum atomic E-state index is 0.773. The average Bonchev–Trinajstić information content (AvgIpc) is 2.45. The van der Waals surface area contributed by atoms with Crippen molar-refractivity contribution in [2.24, 2.45) is 0 Å². The summed E-state index contributed by atoms with van der Waals surface area (Å²) < 4.78 is 11.0. The summed E-state index contributed by atoms with van der Waals surface area (Å²) in [5, 5.41) is 3.35. The van der Waals surface area contributed by atoms with E-state index in [4.69, 9.17) is 9.47 Å². The first kappa shape index (κ1) is 16.0. The van der Waals surface area contributed by atoms with Gasteiger partial charge in [-0.15, -0.1) is 0 Å². The largest absolute Gasteiger partial charge is 0.494 e. The first-order valence-corrected chi connectivity index (χ1v) is 7.37. The lowest BCUT2D eigenvalue weighted by Crippen LogP contribution is -2.19. The van der Waals surface area contributed by atoms with Crippen molar-refractivity contribution in [1.82, 2.24) is 5.32 Å². The molecule has 3 nitrogen and oxygen atoms in total. The summed E-state index contributed by atoms with van der Waals surface area (Å²) in [6.07, 6.45) is 3.61. The summed E-state index contributed by atoms with van der Waals surface area (Å²) in [6.45, 7) is 8.36. The molecule has 19 heavy (non-hydrogen) atoms. The fourth-order valence-electron chi connectivity index (χ4n) is 1.77. The molecule has 0 saturated heterocycles. The quantitative estimate of drug-likeness (QED) is 0.622. The van der Waals surface area contributed by atoms with Crippen molar-refractivity contribution in [1.29, 1.82) is 0 Å². The molecule has 0 heterocycles. The van der Waals surface area contributed by atoms with E-state index in [0.29, 0.717) is 0 Å². The summed E-state index contributed by atoms with van der Waals surface area (Å²) in [5.41, 5.74) is 1.28. The summed E-state index contributed by atoms with van der Waals surface area (Å²) in [5.74, 6) is 0.967. The van der Waals surface area contributed by atoms with Gasteiger partial charge in [0, 0.05) is 19.7 Å². The molecule has 0 unspecified atom stereocenters. The standard InChI is InChI=1S/C16H27NO2/c1-3-5-6-12-19-16-9-7-15(8-10-16)14-17-11-13-18-4-2/h7-10,17H,3-6,11-14H2,1-2H3. The van der Waals surface area contributed by atoms with Crippen LogP contribution in [0.3, 0.4) is 0 Å². The molecule has 0 saturated carbocycles. The Hall–Kier alpha value is -1.06. The Bertz CT molecular complexity index is 311. The van der Waals surface area contributed by atoms with Gasteiger partial charge >= 0.3 is 0 Å². The van der Waals surface area contributed by atoms with E-state index in [2.05, 4.69) is 24.4 Å². The Morgan fingerprint density at radius 2 is 1.79 bits per heavy atom. The zero-order chi connectivity index (χ0) is 13.8. The van der Waals surface area contributed by atoms with Gasteiger partial charge in [-0.2, -0.15) is 0 Å². The van der Waals surface area contributed by atoms with Gasteiger partial charge in [-0.3, -0.25) is 0 Å². The van der Waals surface area contributed by atoms with Crippen LogP contribution in [0.2, 0.25) is 0 Å². The van der Waals surface area contributed by atoms with Crippen molar-refractivity contribution in [3.63, 3.8) is 0 Å². The normalized spacial score (nSPS) is 10.6. The fraction of sp³-hybridized carbons (Fsp3) is 0.625. The molecule has 1 rings (SSSR count). The second kappa shape index (κ2) is 10.8. The van der Waals surface area contributed by atoms with Crippen LogP contribution in [-0.4, -0.2) is 26.4 Å². The van der Waals surface area contributed by atoms with Gasteiger partial charge in [0.1, 0.15) is 5.75 Å². The van der Waals surface area contributed by atoms with Crippen molar-refractivity contribution in [3.05, 3.63) is 29.8 Å². The Kier molecular flexibility index (Phi) is 9.11. The number of hydrogen-bond donors (Lipinski definition) is 1. The maximum absolute atomic E-state index is 5.68. The zero-order valence-electron chi connectivity index (χ0n) is 12.3. The maximum atomic E-state index is 5.68.